The van der Waals surface area contributed by atoms with E-state index < -0.39 is 4.92 Å². The highest BCUT2D eigenvalue weighted by atomic mass is 32.1. The minimum Gasteiger partial charge on any atom is -0.336 e. The smallest absolute Gasteiger partial charge is 0.274 e. The number of carbonyl (C=O) groups is 1. The zero-order valence-electron chi connectivity index (χ0n) is 15.1. The largest absolute Gasteiger partial charge is 0.336 e. The molecule has 1 aliphatic heterocycles. The van der Waals surface area contributed by atoms with Crippen LogP contribution in [-0.2, 0) is 7.05 Å². The Morgan fingerprint density at radius 1 is 1.43 bits per heavy atom. The lowest BCUT2D eigenvalue weighted by Gasteiger charge is -2.35. The summed E-state index contributed by atoms with van der Waals surface area (Å²) in [7, 11) is 1.91. The van der Waals surface area contributed by atoms with Crippen molar-refractivity contribution in [3.05, 3.63) is 63.7 Å². The lowest BCUT2D eigenvalue weighted by atomic mass is 10.1. The Labute approximate surface area is 164 Å². The SMILES string of the molecule is Cn1ccnc1C1CNCCN1C(=O)c1csc(-c2cccc([N+](=O)[O-])c2)n1. The number of nitrogens with zero attached hydrogens (tertiary/aromatic N) is 5. The first-order valence-electron chi connectivity index (χ1n) is 8.74. The molecule has 2 aromatic heterocycles. The summed E-state index contributed by atoms with van der Waals surface area (Å²) in [4.78, 5) is 34.3. The van der Waals surface area contributed by atoms with Crippen LogP contribution in [0, 0.1) is 10.1 Å². The van der Waals surface area contributed by atoms with Gasteiger partial charge in [-0.2, -0.15) is 0 Å². The molecule has 144 valence electrons. The average molecular weight is 398 g/mol. The van der Waals surface area contributed by atoms with E-state index in [1.807, 2.05) is 17.8 Å². The van der Waals surface area contributed by atoms with Crippen LogP contribution >= 0.6 is 11.3 Å². The Balaban J connectivity index is 1.61. The van der Waals surface area contributed by atoms with Crippen molar-refractivity contribution < 1.29 is 9.72 Å². The van der Waals surface area contributed by atoms with Gasteiger partial charge in [-0.05, 0) is 0 Å². The maximum atomic E-state index is 13.1. The third-order valence-corrected chi connectivity index (χ3v) is 5.58. The van der Waals surface area contributed by atoms with Crippen molar-refractivity contribution >= 4 is 22.9 Å². The number of thiazole rings is 1. The van der Waals surface area contributed by atoms with Gasteiger partial charge in [0, 0.05) is 62.2 Å². The number of nitro groups is 1. The fraction of sp³-hybridized carbons (Fsp3) is 0.278. The van der Waals surface area contributed by atoms with Gasteiger partial charge in [0.15, 0.2) is 0 Å². The zero-order chi connectivity index (χ0) is 19.7. The molecule has 3 heterocycles. The van der Waals surface area contributed by atoms with Crippen LogP contribution in [0.1, 0.15) is 22.4 Å². The molecule has 1 N–H and O–H groups in total. The average Bonchev–Trinajstić information content (AvgIpc) is 3.37. The highest BCUT2D eigenvalue weighted by Crippen LogP contribution is 2.29. The zero-order valence-corrected chi connectivity index (χ0v) is 15.9. The summed E-state index contributed by atoms with van der Waals surface area (Å²) >= 11 is 1.30. The number of aromatic nitrogens is 3. The number of hydrogen-bond acceptors (Lipinski definition) is 7. The third kappa shape index (κ3) is 3.39. The van der Waals surface area contributed by atoms with E-state index in [2.05, 4.69) is 15.3 Å². The number of nitrogens with one attached hydrogen (secondary N) is 1. The first-order valence-corrected chi connectivity index (χ1v) is 9.62. The second-order valence-electron chi connectivity index (χ2n) is 6.46. The second kappa shape index (κ2) is 7.49. The van der Waals surface area contributed by atoms with E-state index >= 15 is 0 Å². The number of imidazole rings is 1. The molecule has 1 aliphatic rings. The molecule has 0 saturated carbocycles. The molecule has 1 aromatic carbocycles. The highest BCUT2D eigenvalue weighted by Gasteiger charge is 2.32. The number of aryl methyl sites for hydroxylation is 1. The van der Waals surface area contributed by atoms with Crippen LogP contribution in [0.4, 0.5) is 5.69 Å². The van der Waals surface area contributed by atoms with Crippen LogP contribution in [0.25, 0.3) is 10.6 Å². The summed E-state index contributed by atoms with van der Waals surface area (Å²) in [5.74, 6) is 0.650. The molecule has 1 saturated heterocycles. The molecule has 1 amide bonds. The lowest BCUT2D eigenvalue weighted by molar-refractivity contribution is -0.384. The van der Waals surface area contributed by atoms with E-state index in [1.165, 1.54) is 23.5 Å². The van der Waals surface area contributed by atoms with E-state index in [9.17, 15) is 14.9 Å². The molecule has 0 bridgehead atoms. The van der Waals surface area contributed by atoms with Gasteiger partial charge in [0.1, 0.15) is 22.6 Å². The molecule has 0 radical (unpaired) electrons. The van der Waals surface area contributed by atoms with Gasteiger partial charge in [0.05, 0.1) is 4.92 Å². The molecule has 28 heavy (non-hydrogen) atoms. The predicted molar refractivity (Wildman–Crippen MR) is 104 cm³/mol. The van der Waals surface area contributed by atoms with E-state index in [4.69, 9.17) is 0 Å². The number of amides is 1. The number of non-ortho nitro benzene ring substituents is 1. The Bertz CT molecular complexity index is 1030. The van der Waals surface area contributed by atoms with Crippen molar-refractivity contribution in [2.75, 3.05) is 19.6 Å². The first kappa shape index (κ1) is 18.3. The molecular weight excluding hydrogens is 380 g/mol. The number of carbonyl (C=O) groups excluding carboxylic acids is 1. The maximum absolute atomic E-state index is 13.1. The molecule has 1 fully saturated rings. The summed E-state index contributed by atoms with van der Waals surface area (Å²) in [6.45, 7) is 1.88. The number of piperazine rings is 1. The summed E-state index contributed by atoms with van der Waals surface area (Å²) in [6, 6.07) is 6.09. The number of benzene rings is 1. The summed E-state index contributed by atoms with van der Waals surface area (Å²) in [5, 5.41) is 16.6. The summed E-state index contributed by atoms with van der Waals surface area (Å²) in [6.07, 6.45) is 3.58. The van der Waals surface area contributed by atoms with Gasteiger partial charge in [-0.1, -0.05) is 12.1 Å². The fourth-order valence-corrected chi connectivity index (χ4v) is 4.07. The Morgan fingerprint density at radius 2 is 2.29 bits per heavy atom. The van der Waals surface area contributed by atoms with Crippen LogP contribution in [0.2, 0.25) is 0 Å². The van der Waals surface area contributed by atoms with Crippen LogP contribution in [0.3, 0.4) is 0 Å². The number of rotatable bonds is 4. The van der Waals surface area contributed by atoms with E-state index in [1.54, 1.807) is 28.6 Å². The van der Waals surface area contributed by atoms with Crippen LogP contribution in [0.5, 0.6) is 0 Å². The molecule has 1 unspecified atom stereocenters. The fourth-order valence-electron chi connectivity index (χ4n) is 3.28. The van der Waals surface area contributed by atoms with E-state index in [-0.39, 0.29) is 17.6 Å². The van der Waals surface area contributed by atoms with Crippen LogP contribution in [0.15, 0.2) is 42.0 Å². The van der Waals surface area contributed by atoms with Crippen LogP contribution < -0.4 is 5.32 Å². The Morgan fingerprint density at radius 3 is 3.04 bits per heavy atom. The Hall–Kier alpha value is -3.11. The topological polar surface area (TPSA) is 106 Å². The second-order valence-corrected chi connectivity index (χ2v) is 7.32. The third-order valence-electron chi connectivity index (χ3n) is 4.69. The quantitative estimate of drug-likeness (QED) is 0.534. The molecule has 10 heteroatoms. The normalized spacial score (nSPS) is 16.9. The summed E-state index contributed by atoms with van der Waals surface area (Å²) < 4.78 is 1.91. The van der Waals surface area contributed by atoms with Crippen molar-refractivity contribution in [3.63, 3.8) is 0 Å². The number of nitro benzene ring substituents is 1. The van der Waals surface area contributed by atoms with Gasteiger partial charge in [0.25, 0.3) is 11.6 Å². The molecule has 4 rings (SSSR count). The Kier molecular flexibility index (Phi) is 4.88. The molecular formula is C18H18N6O3S. The minimum atomic E-state index is -0.443. The van der Waals surface area contributed by atoms with Crippen molar-refractivity contribution in [1.29, 1.82) is 0 Å². The van der Waals surface area contributed by atoms with Crippen molar-refractivity contribution in [1.82, 2.24) is 24.8 Å². The predicted octanol–water partition coefficient (Wildman–Crippen LogP) is 2.24. The molecule has 3 aromatic rings. The molecule has 0 spiro atoms. The van der Waals surface area contributed by atoms with Gasteiger partial charge >= 0.3 is 0 Å². The van der Waals surface area contributed by atoms with Crippen molar-refractivity contribution in [3.8, 4) is 10.6 Å². The first-order chi connectivity index (χ1) is 13.5. The van der Waals surface area contributed by atoms with Crippen LogP contribution in [-0.4, -0.2) is 49.9 Å². The van der Waals surface area contributed by atoms with Gasteiger partial charge in [-0.25, -0.2) is 9.97 Å². The number of hydrogen-bond donors (Lipinski definition) is 1. The highest BCUT2D eigenvalue weighted by molar-refractivity contribution is 7.13. The minimum absolute atomic E-state index is 0.00229. The van der Waals surface area contributed by atoms with Gasteiger partial charge in [0.2, 0.25) is 0 Å². The van der Waals surface area contributed by atoms with E-state index in [0.717, 1.165) is 5.82 Å². The molecule has 9 nitrogen and oxygen atoms in total. The van der Waals surface area contributed by atoms with Gasteiger partial charge in [-0.15, -0.1) is 11.3 Å². The molecule has 0 aliphatic carbocycles. The molecule has 1 atom stereocenters. The monoisotopic (exact) mass is 398 g/mol. The maximum Gasteiger partial charge on any atom is 0.274 e. The van der Waals surface area contributed by atoms with Gasteiger partial charge in [-0.3, -0.25) is 14.9 Å². The van der Waals surface area contributed by atoms with Crippen molar-refractivity contribution in [2.24, 2.45) is 7.05 Å². The lowest BCUT2D eigenvalue weighted by Crippen LogP contribution is -2.49. The van der Waals surface area contributed by atoms with E-state index in [0.29, 0.717) is 35.9 Å². The standard InChI is InChI=1S/C18H18N6O3S/c1-22-7-6-20-16(22)15-10-19-5-8-23(15)18(25)14-11-28-17(21-14)12-3-2-4-13(9-12)24(26)27/h2-4,6-7,9,11,15,19H,5,8,10H2,1H3. The summed E-state index contributed by atoms with van der Waals surface area (Å²) in [5.41, 5.74) is 0.962. The van der Waals surface area contributed by atoms with Gasteiger partial charge < -0.3 is 14.8 Å². The van der Waals surface area contributed by atoms with Crippen molar-refractivity contribution in [2.45, 2.75) is 6.04 Å².